The van der Waals surface area contributed by atoms with E-state index in [4.69, 9.17) is 4.74 Å². The van der Waals surface area contributed by atoms with Crippen molar-refractivity contribution in [2.24, 2.45) is 0 Å². The van der Waals surface area contributed by atoms with E-state index in [9.17, 15) is 22.0 Å². The number of esters is 1. The van der Waals surface area contributed by atoms with E-state index in [0.29, 0.717) is 4.88 Å². The summed E-state index contributed by atoms with van der Waals surface area (Å²) < 4.78 is 57.0. The standard InChI is InChI=1S/C17H19F2NO4S2/c1-17(2,3)26(22,23)20-9-8-15(21)24-16-7-6-14(25-16)12-5-4-11(18)10-13(12)19/h4-7,10,20H,8-9H2,1-3H3. The molecule has 1 aromatic carbocycles. The Morgan fingerprint density at radius 1 is 1.19 bits per heavy atom. The van der Waals surface area contributed by atoms with Crippen LogP contribution in [0, 0.1) is 11.6 Å². The summed E-state index contributed by atoms with van der Waals surface area (Å²) in [5, 5.41) is 0.243. The van der Waals surface area contributed by atoms with Gasteiger partial charge in [0.15, 0.2) is 5.06 Å². The van der Waals surface area contributed by atoms with Crippen molar-refractivity contribution in [1.29, 1.82) is 0 Å². The molecule has 0 amide bonds. The van der Waals surface area contributed by atoms with Crippen LogP contribution in [0.5, 0.6) is 5.06 Å². The summed E-state index contributed by atoms with van der Waals surface area (Å²) in [7, 11) is -3.53. The van der Waals surface area contributed by atoms with Crippen LogP contribution in [0.4, 0.5) is 8.78 Å². The van der Waals surface area contributed by atoms with Crippen LogP contribution in [0.15, 0.2) is 30.3 Å². The molecule has 0 bridgehead atoms. The monoisotopic (exact) mass is 403 g/mol. The fourth-order valence-corrected chi connectivity index (χ4v) is 3.58. The number of thiophene rings is 1. The van der Waals surface area contributed by atoms with E-state index in [2.05, 4.69) is 4.72 Å². The minimum Gasteiger partial charge on any atom is -0.415 e. The maximum absolute atomic E-state index is 13.8. The number of rotatable bonds is 6. The second-order valence-electron chi connectivity index (χ2n) is 6.48. The number of nitrogens with one attached hydrogen (secondary N) is 1. The Balaban J connectivity index is 1.94. The van der Waals surface area contributed by atoms with Gasteiger partial charge >= 0.3 is 5.97 Å². The third-order valence-electron chi connectivity index (χ3n) is 3.42. The van der Waals surface area contributed by atoms with Crippen LogP contribution in [0.2, 0.25) is 0 Å². The van der Waals surface area contributed by atoms with Crippen LogP contribution in [0.1, 0.15) is 27.2 Å². The number of sulfonamides is 1. The van der Waals surface area contributed by atoms with Gasteiger partial charge in [-0.25, -0.2) is 21.9 Å². The van der Waals surface area contributed by atoms with Gasteiger partial charge in [-0.15, -0.1) is 0 Å². The molecule has 2 rings (SSSR count). The van der Waals surface area contributed by atoms with Crippen LogP contribution < -0.4 is 9.46 Å². The van der Waals surface area contributed by atoms with Crippen LogP contribution >= 0.6 is 11.3 Å². The van der Waals surface area contributed by atoms with Gasteiger partial charge in [0.25, 0.3) is 0 Å². The first-order valence-electron chi connectivity index (χ1n) is 7.75. The van der Waals surface area contributed by atoms with E-state index in [1.807, 2.05) is 0 Å². The minimum atomic E-state index is -3.53. The van der Waals surface area contributed by atoms with Crippen LogP contribution in [0.3, 0.4) is 0 Å². The average molecular weight is 403 g/mol. The number of carbonyl (C=O) groups is 1. The van der Waals surface area contributed by atoms with E-state index in [0.717, 1.165) is 23.5 Å². The lowest BCUT2D eigenvalue weighted by atomic mass is 10.2. The zero-order chi connectivity index (χ0) is 19.5. The molecule has 0 saturated heterocycles. The molecule has 1 heterocycles. The van der Waals surface area contributed by atoms with Crippen LogP contribution in [-0.4, -0.2) is 25.7 Å². The zero-order valence-corrected chi connectivity index (χ0v) is 16.1. The van der Waals surface area contributed by atoms with E-state index >= 15 is 0 Å². The summed E-state index contributed by atoms with van der Waals surface area (Å²) >= 11 is 1.03. The Kier molecular flexibility index (Phi) is 6.15. The molecule has 9 heteroatoms. The molecule has 0 saturated carbocycles. The van der Waals surface area contributed by atoms with Crippen molar-refractivity contribution < 1.29 is 26.7 Å². The highest BCUT2D eigenvalue weighted by Crippen LogP contribution is 2.34. The van der Waals surface area contributed by atoms with Crippen molar-refractivity contribution in [2.75, 3.05) is 6.54 Å². The summed E-state index contributed by atoms with van der Waals surface area (Å²) in [4.78, 5) is 12.3. The molecule has 0 aliphatic rings. The second kappa shape index (κ2) is 7.81. The maximum Gasteiger partial charge on any atom is 0.313 e. The highest BCUT2D eigenvalue weighted by Gasteiger charge is 2.28. The van der Waals surface area contributed by atoms with Gasteiger partial charge in [-0.2, -0.15) is 0 Å². The molecule has 0 atom stereocenters. The summed E-state index contributed by atoms with van der Waals surface area (Å²) in [6.45, 7) is 4.57. The lowest BCUT2D eigenvalue weighted by molar-refractivity contribution is -0.133. The first kappa shape index (κ1) is 20.5. The minimum absolute atomic E-state index is 0.0801. The molecule has 0 radical (unpaired) electrons. The van der Waals surface area contributed by atoms with E-state index in [1.54, 1.807) is 26.8 Å². The van der Waals surface area contributed by atoms with Gasteiger partial charge in [-0.05, 0) is 45.0 Å². The number of benzene rings is 1. The SMILES string of the molecule is CC(C)(C)S(=O)(=O)NCCC(=O)Oc1ccc(-c2ccc(F)cc2F)s1. The molecular formula is C17H19F2NO4S2. The highest BCUT2D eigenvalue weighted by atomic mass is 32.2. The predicted octanol–water partition coefficient (Wildman–Crippen LogP) is 3.71. The largest absolute Gasteiger partial charge is 0.415 e. The van der Waals surface area contributed by atoms with Gasteiger partial charge in [0.2, 0.25) is 10.0 Å². The smallest absolute Gasteiger partial charge is 0.313 e. The van der Waals surface area contributed by atoms with E-state index in [-0.39, 0.29) is 23.6 Å². The number of hydrogen-bond donors (Lipinski definition) is 1. The number of hydrogen-bond acceptors (Lipinski definition) is 5. The summed E-state index contributed by atoms with van der Waals surface area (Å²) in [6, 6.07) is 6.29. The summed E-state index contributed by atoms with van der Waals surface area (Å²) in [5.41, 5.74) is 0.205. The Labute approximate surface area is 155 Å². The van der Waals surface area contributed by atoms with Gasteiger partial charge in [0.1, 0.15) is 11.6 Å². The lowest BCUT2D eigenvalue weighted by Crippen LogP contribution is -2.40. The van der Waals surface area contributed by atoms with Crippen molar-refractivity contribution in [3.8, 4) is 15.5 Å². The van der Waals surface area contributed by atoms with E-state index < -0.39 is 32.4 Å². The number of carbonyl (C=O) groups excluding carboxylic acids is 1. The fourth-order valence-electron chi connectivity index (χ4n) is 1.88. The fraction of sp³-hybridized carbons (Fsp3) is 0.353. The first-order chi connectivity index (χ1) is 12.0. The molecule has 1 N–H and O–H groups in total. The number of halogens is 2. The van der Waals surface area contributed by atoms with Crippen molar-refractivity contribution in [2.45, 2.75) is 31.9 Å². The second-order valence-corrected chi connectivity index (χ2v) is 10.0. The Morgan fingerprint density at radius 3 is 2.50 bits per heavy atom. The Bertz CT molecular complexity index is 902. The first-order valence-corrected chi connectivity index (χ1v) is 10.0. The quantitative estimate of drug-likeness (QED) is 0.747. The topological polar surface area (TPSA) is 72.5 Å². The normalized spacial score (nSPS) is 12.2. The van der Waals surface area contributed by atoms with Gasteiger partial charge < -0.3 is 4.74 Å². The highest BCUT2D eigenvalue weighted by molar-refractivity contribution is 7.90. The molecule has 0 aliphatic heterocycles. The summed E-state index contributed by atoms with van der Waals surface area (Å²) in [5.74, 6) is -2.00. The maximum atomic E-state index is 13.8. The van der Waals surface area contributed by atoms with Crippen molar-refractivity contribution in [3.05, 3.63) is 42.0 Å². The molecule has 26 heavy (non-hydrogen) atoms. The van der Waals surface area contributed by atoms with Gasteiger partial charge in [-0.1, -0.05) is 11.3 Å². The van der Waals surface area contributed by atoms with Gasteiger partial charge in [-0.3, -0.25) is 4.79 Å². The molecule has 0 aliphatic carbocycles. The average Bonchev–Trinajstić information content (AvgIpc) is 2.93. The zero-order valence-electron chi connectivity index (χ0n) is 14.5. The molecule has 0 spiro atoms. The van der Waals surface area contributed by atoms with Gasteiger partial charge in [0.05, 0.1) is 11.2 Å². The Hall–Kier alpha value is -1.84. The van der Waals surface area contributed by atoms with Crippen molar-refractivity contribution in [1.82, 2.24) is 4.72 Å². The number of ether oxygens (including phenoxy) is 1. The molecule has 5 nitrogen and oxygen atoms in total. The van der Waals surface area contributed by atoms with Gasteiger partial charge in [0, 0.05) is 23.1 Å². The molecule has 1 aromatic heterocycles. The van der Waals surface area contributed by atoms with Crippen molar-refractivity contribution >= 4 is 27.3 Å². The molecule has 142 valence electrons. The molecule has 2 aromatic rings. The summed E-state index contributed by atoms with van der Waals surface area (Å²) in [6.07, 6.45) is -0.145. The van der Waals surface area contributed by atoms with Crippen LogP contribution in [-0.2, 0) is 14.8 Å². The molecular weight excluding hydrogens is 384 g/mol. The third-order valence-corrected chi connectivity index (χ3v) is 6.61. The lowest BCUT2D eigenvalue weighted by Gasteiger charge is -2.19. The molecule has 0 unspecified atom stereocenters. The predicted molar refractivity (Wildman–Crippen MR) is 96.6 cm³/mol. The Morgan fingerprint density at radius 2 is 1.88 bits per heavy atom. The third kappa shape index (κ3) is 5.09. The van der Waals surface area contributed by atoms with E-state index in [1.165, 1.54) is 12.1 Å². The van der Waals surface area contributed by atoms with Crippen molar-refractivity contribution in [3.63, 3.8) is 0 Å². The van der Waals surface area contributed by atoms with Crippen LogP contribution in [0.25, 0.3) is 10.4 Å². The molecule has 0 fully saturated rings.